The third-order valence-electron chi connectivity index (χ3n) is 3.98. The monoisotopic (exact) mass is 383 g/mol. The fourth-order valence-corrected chi connectivity index (χ4v) is 2.68. The molecule has 0 bridgehead atoms. The number of benzene rings is 2. The molecule has 0 unspecified atom stereocenters. The minimum atomic E-state index is -1.89. The fourth-order valence-electron chi connectivity index (χ4n) is 2.55. The standard InChI is InChI=1S/C21H18ClNO4/c1-26-20(24)21(25,12-11-15-7-9-17(22)10-8-15)13-18-14-23-19(27-18)16-5-3-2-4-6-16/h2-12,14,25H,13H2,1H3/b12-11+/t21-/m0/s1. The van der Waals surface area contributed by atoms with Gasteiger partial charge in [0.1, 0.15) is 5.76 Å². The van der Waals surface area contributed by atoms with E-state index in [1.807, 2.05) is 30.3 Å². The Hall–Kier alpha value is -2.89. The van der Waals surface area contributed by atoms with Crippen molar-refractivity contribution in [3.05, 3.63) is 83.2 Å². The topological polar surface area (TPSA) is 72.6 Å². The van der Waals surface area contributed by atoms with E-state index < -0.39 is 11.6 Å². The van der Waals surface area contributed by atoms with Crippen LogP contribution in [-0.2, 0) is 16.0 Å². The highest BCUT2D eigenvalue weighted by Crippen LogP contribution is 2.24. The van der Waals surface area contributed by atoms with Crippen LogP contribution in [0.15, 0.2) is 71.3 Å². The number of aliphatic hydroxyl groups is 1. The molecule has 1 N–H and O–H groups in total. The van der Waals surface area contributed by atoms with Gasteiger partial charge in [0.05, 0.1) is 19.7 Å². The smallest absolute Gasteiger partial charge is 0.342 e. The third-order valence-corrected chi connectivity index (χ3v) is 4.23. The summed E-state index contributed by atoms with van der Waals surface area (Å²) < 4.78 is 10.5. The average molecular weight is 384 g/mol. The zero-order valence-electron chi connectivity index (χ0n) is 14.6. The van der Waals surface area contributed by atoms with Crippen molar-refractivity contribution < 1.29 is 19.1 Å². The molecule has 0 amide bonds. The Balaban J connectivity index is 1.83. The summed E-state index contributed by atoms with van der Waals surface area (Å²) >= 11 is 5.87. The van der Waals surface area contributed by atoms with Crippen molar-refractivity contribution in [1.82, 2.24) is 4.98 Å². The van der Waals surface area contributed by atoms with Gasteiger partial charge in [-0.3, -0.25) is 0 Å². The molecule has 0 saturated carbocycles. The lowest BCUT2D eigenvalue weighted by Gasteiger charge is -2.20. The number of carbonyl (C=O) groups is 1. The van der Waals surface area contributed by atoms with Gasteiger partial charge in [-0.1, -0.05) is 48.0 Å². The predicted molar refractivity (Wildman–Crippen MR) is 103 cm³/mol. The molecule has 3 aromatic rings. The number of nitrogens with zero attached hydrogens (tertiary/aromatic N) is 1. The molecule has 6 heteroatoms. The maximum absolute atomic E-state index is 12.2. The van der Waals surface area contributed by atoms with Gasteiger partial charge in [-0.05, 0) is 35.9 Å². The van der Waals surface area contributed by atoms with Crippen molar-refractivity contribution in [1.29, 1.82) is 0 Å². The SMILES string of the molecule is COC(=O)[C@](O)(/C=C/c1ccc(Cl)cc1)Cc1cnc(-c2ccccc2)o1. The lowest BCUT2D eigenvalue weighted by atomic mass is 9.97. The molecule has 1 heterocycles. The number of methoxy groups -OCH3 is 1. The van der Waals surface area contributed by atoms with Crippen LogP contribution in [0.5, 0.6) is 0 Å². The van der Waals surface area contributed by atoms with Gasteiger partial charge in [-0.2, -0.15) is 0 Å². The molecule has 0 aliphatic carbocycles. The maximum Gasteiger partial charge on any atom is 0.342 e. The molecular formula is C21H18ClNO4. The molecule has 0 fully saturated rings. The van der Waals surface area contributed by atoms with Crippen LogP contribution in [0, 0.1) is 0 Å². The number of hydrogen-bond acceptors (Lipinski definition) is 5. The largest absolute Gasteiger partial charge is 0.467 e. The van der Waals surface area contributed by atoms with E-state index in [-0.39, 0.29) is 6.42 Å². The number of aromatic nitrogens is 1. The molecule has 0 aliphatic heterocycles. The van der Waals surface area contributed by atoms with E-state index in [9.17, 15) is 9.90 Å². The number of ether oxygens (including phenoxy) is 1. The van der Waals surface area contributed by atoms with Gasteiger partial charge in [0.25, 0.3) is 0 Å². The van der Waals surface area contributed by atoms with Gasteiger partial charge in [0.15, 0.2) is 5.60 Å². The van der Waals surface area contributed by atoms with E-state index >= 15 is 0 Å². The Morgan fingerprint density at radius 2 is 1.93 bits per heavy atom. The van der Waals surface area contributed by atoms with Crippen LogP contribution < -0.4 is 0 Å². The van der Waals surface area contributed by atoms with E-state index in [0.29, 0.717) is 16.7 Å². The summed E-state index contributed by atoms with van der Waals surface area (Å²) in [6.45, 7) is 0. The predicted octanol–water partition coefficient (Wildman–Crippen LogP) is 4.16. The second-order valence-electron chi connectivity index (χ2n) is 5.98. The summed E-state index contributed by atoms with van der Waals surface area (Å²) in [5.74, 6) is -0.00706. The Labute approximate surface area is 161 Å². The first-order valence-electron chi connectivity index (χ1n) is 8.26. The van der Waals surface area contributed by atoms with Crippen molar-refractivity contribution >= 4 is 23.6 Å². The summed E-state index contributed by atoms with van der Waals surface area (Å²) in [6, 6.07) is 16.4. The molecule has 0 saturated heterocycles. The normalized spacial score (nSPS) is 13.4. The van der Waals surface area contributed by atoms with E-state index in [1.165, 1.54) is 19.4 Å². The van der Waals surface area contributed by atoms with E-state index in [0.717, 1.165) is 11.1 Å². The van der Waals surface area contributed by atoms with Crippen LogP contribution in [0.1, 0.15) is 11.3 Å². The summed E-state index contributed by atoms with van der Waals surface area (Å²) in [7, 11) is 1.22. The molecule has 3 rings (SSSR count). The van der Waals surface area contributed by atoms with Gasteiger partial charge in [0.2, 0.25) is 5.89 Å². The third kappa shape index (κ3) is 4.64. The minimum absolute atomic E-state index is 0.108. The molecule has 0 aliphatic rings. The van der Waals surface area contributed by atoms with Crippen LogP contribution in [-0.4, -0.2) is 28.8 Å². The van der Waals surface area contributed by atoms with Gasteiger partial charge >= 0.3 is 5.97 Å². The average Bonchev–Trinajstić information content (AvgIpc) is 3.16. The van der Waals surface area contributed by atoms with Gasteiger partial charge in [-0.25, -0.2) is 9.78 Å². The molecule has 0 spiro atoms. The molecule has 5 nitrogen and oxygen atoms in total. The Bertz CT molecular complexity index is 934. The highest BCUT2D eigenvalue weighted by Gasteiger charge is 2.36. The number of esters is 1. The second-order valence-corrected chi connectivity index (χ2v) is 6.41. The molecular weight excluding hydrogens is 366 g/mol. The summed E-state index contributed by atoms with van der Waals surface area (Å²) in [4.78, 5) is 16.4. The van der Waals surface area contributed by atoms with Crippen LogP contribution in [0.4, 0.5) is 0 Å². The highest BCUT2D eigenvalue weighted by molar-refractivity contribution is 6.30. The molecule has 138 valence electrons. The summed E-state index contributed by atoms with van der Waals surface area (Å²) in [5, 5.41) is 11.5. The second kappa shape index (κ2) is 8.20. The molecule has 27 heavy (non-hydrogen) atoms. The van der Waals surface area contributed by atoms with Crippen LogP contribution >= 0.6 is 11.6 Å². The van der Waals surface area contributed by atoms with Crippen LogP contribution in [0.25, 0.3) is 17.5 Å². The molecule has 1 aromatic heterocycles. The van der Waals surface area contributed by atoms with Crippen LogP contribution in [0.3, 0.4) is 0 Å². The first kappa shape index (κ1) is 18.9. The van der Waals surface area contributed by atoms with Crippen molar-refractivity contribution in [2.75, 3.05) is 7.11 Å². The summed E-state index contributed by atoms with van der Waals surface area (Å²) in [5.41, 5.74) is -0.298. The first-order valence-corrected chi connectivity index (χ1v) is 8.64. The zero-order chi connectivity index (χ0) is 19.3. The fraction of sp³-hybridized carbons (Fsp3) is 0.143. The van der Waals surface area contributed by atoms with E-state index in [1.54, 1.807) is 30.3 Å². The maximum atomic E-state index is 12.2. The number of oxazole rings is 1. The van der Waals surface area contributed by atoms with Gasteiger partial charge < -0.3 is 14.3 Å². The Morgan fingerprint density at radius 1 is 1.22 bits per heavy atom. The Kier molecular flexibility index (Phi) is 5.74. The Morgan fingerprint density at radius 3 is 2.59 bits per heavy atom. The molecule has 1 atom stereocenters. The van der Waals surface area contributed by atoms with Crippen molar-refractivity contribution in [3.8, 4) is 11.5 Å². The first-order chi connectivity index (χ1) is 13.0. The minimum Gasteiger partial charge on any atom is -0.467 e. The van der Waals surface area contributed by atoms with E-state index in [2.05, 4.69) is 4.98 Å². The van der Waals surface area contributed by atoms with Gasteiger partial charge in [-0.15, -0.1) is 0 Å². The highest BCUT2D eigenvalue weighted by atomic mass is 35.5. The number of rotatable bonds is 6. The molecule has 0 radical (unpaired) electrons. The molecule has 2 aromatic carbocycles. The van der Waals surface area contributed by atoms with Crippen LogP contribution in [0.2, 0.25) is 5.02 Å². The quantitative estimate of drug-likeness (QED) is 0.647. The van der Waals surface area contributed by atoms with Gasteiger partial charge in [0, 0.05) is 10.6 Å². The lowest BCUT2D eigenvalue weighted by molar-refractivity contribution is -0.157. The van der Waals surface area contributed by atoms with Crippen molar-refractivity contribution in [2.45, 2.75) is 12.0 Å². The number of carbonyl (C=O) groups excluding carboxylic acids is 1. The van der Waals surface area contributed by atoms with Crippen molar-refractivity contribution in [2.24, 2.45) is 0 Å². The van der Waals surface area contributed by atoms with E-state index in [4.69, 9.17) is 20.8 Å². The number of halogens is 1. The lowest BCUT2D eigenvalue weighted by Crippen LogP contribution is -2.39. The van der Waals surface area contributed by atoms with Crippen molar-refractivity contribution in [3.63, 3.8) is 0 Å². The number of hydrogen-bond donors (Lipinski definition) is 1. The summed E-state index contributed by atoms with van der Waals surface area (Å²) in [6.07, 6.45) is 4.39. The zero-order valence-corrected chi connectivity index (χ0v) is 15.4.